The predicted molar refractivity (Wildman–Crippen MR) is 67.7 cm³/mol. The average Bonchev–Trinajstić information content (AvgIpc) is 2.46. The largest absolute Gasteiger partial charge is 0.469 e. The summed E-state index contributed by atoms with van der Waals surface area (Å²) >= 11 is 5.63. The lowest BCUT2D eigenvalue weighted by molar-refractivity contribution is -0.146. The van der Waals surface area contributed by atoms with Crippen molar-refractivity contribution in [3.63, 3.8) is 0 Å². The highest BCUT2D eigenvalue weighted by molar-refractivity contribution is 6.29. The summed E-state index contributed by atoms with van der Waals surface area (Å²) < 4.78 is 4.72. The van der Waals surface area contributed by atoms with Gasteiger partial charge in [-0.3, -0.25) is 9.59 Å². The lowest BCUT2D eigenvalue weighted by atomic mass is 9.98. The van der Waals surface area contributed by atoms with E-state index in [2.05, 4.69) is 9.97 Å². The maximum absolute atomic E-state index is 12.2. The summed E-state index contributed by atoms with van der Waals surface area (Å²) in [6.07, 6.45) is 4.18. The van der Waals surface area contributed by atoms with Crippen LogP contribution in [0.5, 0.6) is 0 Å². The molecule has 1 fully saturated rings. The third-order valence-electron chi connectivity index (χ3n) is 3.08. The van der Waals surface area contributed by atoms with E-state index in [4.69, 9.17) is 16.3 Å². The number of halogens is 1. The van der Waals surface area contributed by atoms with Gasteiger partial charge in [0.05, 0.1) is 25.4 Å². The Bertz CT molecular complexity index is 478. The Morgan fingerprint density at radius 1 is 1.42 bits per heavy atom. The Morgan fingerprint density at radius 2 is 2.21 bits per heavy atom. The summed E-state index contributed by atoms with van der Waals surface area (Å²) in [4.78, 5) is 33.1. The van der Waals surface area contributed by atoms with Crippen LogP contribution in [-0.4, -0.2) is 46.9 Å². The molecule has 7 heteroatoms. The molecule has 102 valence electrons. The van der Waals surface area contributed by atoms with E-state index in [9.17, 15) is 9.59 Å². The molecule has 1 aliphatic heterocycles. The highest BCUT2D eigenvalue weighted by Crippen LogP contribution is 2.19. The van der Waals surface area contributed by atoms with E-state index in [0.29, 0.717) is 13.1 Å². The minimum Gasteiger partial charge on any atom is -0.469 e. The van der Waals surface area contributed by atoms with Crippen LogP contribution in [0.25, 0.3) is 0 Å². The van der Waals surface area contributed by atoms with Gasteiger partial charge >= 0.3 is 5.97 Å². The molecule has 2 rings (SSSR count). The molecule has 2 heterocycles. The Kier molecular flexibility index (Phi) is 4.31. The third-order valence-corrected chi connectivity index (χ3v) is 3.28. The molecule has 0 N–H and O–H groups in total. The van der Waals surface area contributed by atoms with E-state index in [-0.39, 0.29) is 28.6 Å². The fourth-order valence-electron chi connectivity index (χ4n) is 2.11. The highest BCUT2D eigenvalue weighted by atomic mass is 35.5. The molecule has 19 heavy (non-hydrogen) atoms. The number of hydrogen-bond acceptors (Lipinski definition) is 5. The minimum absolute atomic E-state index is 0.231. The monoisotopic (exact) mass is 283 g/mol. The summed E-state index contributed by atoms with van der Waals surface area (Å²) in [6, 6.07) is 0. The van der Waals surface area contributed by atoms with Gasteiger partial charge in [-0.15, -0.1) is 0 Å². The number of hydrogen-bond donors (Lipinski definition) is 0. The summed E-state index contributed by atoms with van der Waals surface area (Å²) in [7, 11) is 1.35. The van der Waals surface area contributed by atoms with Gasteiger partial charge in [0.25, 0.3) is 5.91 Å². The molecule has 1 amide bonds. The van der Waals surface area contributed by atoms with E-state index in [1.807, 2.05) is 0 Å². The second-order valence-corrected chi connectivity index (χ2v) is 4.73. The number of nitrogens with zero attached hydrogens (tertiary/aromatic N) is 3. The second kappa shape index (κ2) is 5.97. The smallest absolute Gasteiger partial charge is 0.310 e. The maximum atomic E-state index is 12.2. The number of methoxy groups -OCH3 is 1. The van der Waals surface area contributed by atoms with Gasteiger partial charge in [-0.2, -0.15) is 0 Å². The van der Waals surface area contributed by atoms with Gasteiger partial charge in [0.1, 0.15) is 10.8 Å². The number of ether oxygens (including phenoxy) is 1. The van der Waals surface area contributed by atoms with Crippen LogP contribution in [0.3, 0.4) is 0 Å². The molecule has 1 unspecified atom stereocenters. The molecule has 0 radical (unpaired) electrons. The van der Waals surface area contributed by atoms with Crippen LogP contribution in [0, 0.1) is 5.92 Å². The first-order chi connectivity index (χ1) is 9.11. The molecule has 0 spiro atoms. The highest BCUT2D eigenvalue weighted by Gasteiger charge is 2.29. The fraction of sp³-hybridized carbons (Fsp3) is 0.500. The van der Waals surface area contributed by atoms with Gasteiger partial charge in [0, 0.05) is 13.1 Å². The molecular weight excluding hydrogens is 270 g/mol. The molecular formula is C12H14ClN3O3. The first kappa shape index (κ1) is 13.7. The average molecular weight is 284 g/mol. The number of carbonyl (C=O) groups excluding carboxylic acids is 2. The number of rotatable bonds is 2. The molecule has 1 saturated heterocycles. The van der Waals surface area contributed by atoms with Crippen molar-refractivity contribution in [3.8, 4) is 0 Å². The quantitative estimate of drug-likeness (QED) is 0.762. The lowest BCUT2D eigenvalue weighted by Crippen LogP contribution is -2.42. The zero-order valence-corrected chi connectivity index (χ0v) is 11.3. The van der Waals surface area contributed by atoms with Crippen LogP contribution in [0.1, 0.15) is 23.3 Å². The second-order valence-electron chi connectivity index (χ2n) is 4.34. The van der Waals surface area contributed by atoms with Crippen LogP contribution in [0.4, 0.5) is 0 Å². The van der Waals surface area contributed by atoms with Crippen molar-refractivity contribution >= 4 is 23.5 Å². The lowest BCUT2D eigenvalue weighted by Gasteiger charge is -2.30. The Morgan fingerprint density at radius 3 is 2.84 bits per heavy atom. The number of piperidine rings is 1. The topological polar surface area (TPSA) is 72.4 Å². The Hall–Kier alpha value is -1.69. The van der Waals surface area contributed by atoms with Crippen molar-refractivity contribution < 1.29 is 14.3 Å². The van der Waals surface area contributed by atoms with Crippen LogP contribution < -0.4 is 0 Å². The summed E-state index contributed by atoms with van der Waals surface area (Å²) in [5, 5.41) is 0.239. The SMILES string of the molecule is COC(=O)C1CCCN(C(=O)c2cnc(Cl)cn2)C1. The summed E-state index contributed by atoms with van der Waals surface area (Å²) in [6.45, 7) is 0.965. The number of likely N-dealkylation sites (tertiary alicyclic amines) is 1. The van der Waals surface area contributed by atoms with Gasteiger partial charge in [-0.05, 0) is 12.8 Å². The molecule has 1 aliphatic rings. The van der Waals surface area contributed by atoms with Gasteiger partial charge in [-0.25, -0.2) is 9.97 Å². The van der Waals surface area contributed by atoms with E-state index < -0.39 is 0 Å². The molecule has 1 atom stereocenters. The van der Waals surface area contributed by atoms with Crippen LogP contribution in [0.15, 0.2) is 12.4 Å². The molecule has 1 aromatic heterocycles. The number of aromatic nitrogens is 2. The van der Waals surface area contributed by atoms with Gasteiger partial charge in [0.2, 0.25) is 0 Å². The normalized spacial score (nSPS) is 19.1. The van der Waals surface area contributed by atoms with Crippen molar-refractivity contribution in [2.24, 2.45) is 5.92 Å². The van der Waals surface area contributed by atoms with Crippen molar-refractivity contribution in [1.29, 1.82) is 0 Å². The van der Waals surface area contributed by atoms with E-state index in [1.165, 1.54) is 19.5 Å². The Labute approximate surface area is 115 Å². The predicted octanol–water partition coefficient (Wildman–Crippen LogP) is 1.16. The van der Waals surface area contributed by atoms with Gasteiger partial charge < -0.3 is 9.64 Å². The van der Waals surface area contributed by atoms with Gasteiger partial charge in [-0.1, -0.05) is 11.6 Å². The fourth-order valence-corrected chi connectivity index (χ4v) is 2.20. The number of amides is 1. The minimum atomic E-state index is -0.278. The molecule has 0 saturated carbocycles. The standard InChI is InChI=1S/C12H14ClN3O3/c1-19-12(18)8-3-2-4-16(7-8)11(17)9-5-15-10(13)6-14-9/h5-6,8H,2-4,7H2,1H3. The zero-order valence-electron chi connectivity index (χ0n) is 10.5. The van der Waals surface area contributed by atoms with Gasteiger partial charge in [0.15, 0.2) is 0 Å². The molecule has 0 bridgehead atoms. The number of carbonyl (C=O) groups is 2. The Balaban J connectivity index is 2.06. The van der Waals surface area contributed by atoms with E-state index in [0.717, 1.165) is 12.8 Å². The van der Waals surface area contributed by atoms with Crippen LogP contribution in [0.2, 0.25) is 5.15 Å². The van der Waals surface area contributed by atoms with Crippen LogP contribution in [-0.2, 0) is 9.53 Å². The van der Waals surface area contributed by atoms with Crippen molar-refractivity contribution in [2.45, 2.75) is 12.8 Å². The zero-order chi connectivity index (χ0) is 13.8. The van der Waals surface area contributed by atoms with E-state index in [1.54, 1.807) is 4.90 Å². The first-order valence-electron chi connectivity index (χ1n) is 5.96. The molecule has 6 nitrogen and oxygen atoms in total. The van der Waals surface area contributed by atoms with Crippen molar-refractivity contribution in [3.05, 3.63) is 23.2 Å². The third kappa shape index (κ3) is 3.20. The summed E-state index contributed by atoms with van der Waals surface area (Å²) in [5.41, 5.74) is 0.231. The molecule has 0 aromatic carbocycles. The van der Waals surface area contributed by atoms with Crippen molar-refractivity contribution in [1.82, 2.24) is 14.9 Å². The van der Waals surface area contributed by atoms with Crippen LogP contribution >= 0.6 is 11.6 Å². The molecule has 1 aromatic rings. The first-order valence-corrected chi connectivity index (χ1v) is 6.34. The van der Waals surface area contributed by atoms with E-state index >= 15 is 0 Å². The molecule has 0 aliphatic carbocycles. The number of esters is 1. The van der Waals surface area contributed by atoms with Crippen molar-refractivity contribution in [2.75, 3.05) is 20.2 Å². The maximum Gasteiger partial charge on any atom is 0.310 e. The summed E-state index contributed by atoms with van der Waals surface area (Å²) in [5.74, 6) is -0.777.